The number of nitrogens with one attached hydrogen (secondary N) is 1. The summed E-state index contributed by atoms with van der Waals surface area (Å²) in [5.74, 6) is 0. The normalized spacial score (nSPS) is 24.5. The van der Waals surface area contributed by atoms with Gasteiger partial charge in [0, 0.05) is 18.2 Å². The van der Waals surface area contributed by atoms with Crippen LogP contribution in [-0.4, -0.2) is 51.4 Å². The van der Waals surface area contributed by atoms with Crippen LogP contribution in [0, 0.1) is 6.92 Å². The number of rotatable bonds is 14. The number of hydrogen-bond acceptors (Lipinski definition) is 9. The molecule has 0 amide bonds. The minimum absolute atomic E-state index is 0.00185. The van der Waals surface area contributed by atoms with E-state index in [0.29, 0.717) is 12.8 Å². The molecule has 0 aromatic carbocycles. The maximum Gasteiger partial charge on any atom is 0.472 e. The second kappa shape index (κ2) is 12.5. The fraction of sp³-hybridized carbons (Fsp3) is 0.778. The van der Waals surface area contributed by atoms with Crippen molar-refractivity contribution in [2.45, 2.75) is 71.3 Å². The van der Waals surface area contributed by atoms with Crippen LogP contribution in [0.4, 0.5) is 0 Å². The Morgan fingerprint density at radius 3 is 2.30 bits per heavy atom. The average molecular weight is 514 g/mol. The first-order valence-corrected chi connectivity index (χ1v) is 13.7. The summed E-state index contributed by atoms with van der Waals surface area (Å²) < 4.78 is 51.3. The third-order valence-electron chi connectivity index (χ3n) is 4.81. The van der Waals surface area contributed by atoms with Gasteiger partial charge in [0.2, 0.25) is 0 Å². The molecule has 0 spiro atoms. The summed E-state index contributed by atoms with van der Waals surface area (Å²) >= 11 is 0. The highest BCUT2D eigenvalue weighted by Gasteiger charge is 2.43. The molecule has 1 fully saturated rings. The van der Waals surface area contributed by atoms with Crippen molar-refractivity contribution in [2.75, 3.05) is 19.8 Å². The van der Waals surface area contributed by atoms with Crippen LogP contribution in [0.15, 0.2) is 15.8 Å². The van der Waals surface area contributed by atoms with Crippen molar-refractivity contribution in [3.05, 3.63) is 32.6 Å². The Hall–Kier alpha value is -1.14. The molecule has 2 unspecified atom stereocenters. The van der Waals surface area contributed by atoms with Gasteiger partial charge in [-0.25, -0.2) is 13.9 Å². The van der Waals surface area contributed by atoms with Crippen LogP contribution in [0.2, 0.25) is 0 Å². The van der Waals surface area contributed by atoms with Gasteiger partial charge in [-0.15, -0.1) is 0 Å². The topological polar surface area (TPSA) is 176 Å². The Bertz CT molecular complexity index is 979. The molecule has 0 radical (unpaired) electrons. The first-order valence-electron chi connectivity index (χ1n) is 10.7. The second-order valence-corrected chi connectivity index (χ2v) is 10.5. The van der Waals surface area contributed by atoms with E-state index in [4.69, 9.17) is 22.8 Å². The maximum absolute atomic E-state index is 12.3. The van der Waals surface area contributed by atoms with E-state index in [9.17, 15) is 28.5 Å². The van der Waals surface area contributed by atoms with Crippen LogP contribution in [-0.2, 0) is 32.0 Å². The predicted octanol–water partition coefficient (Wildman–Crippen LogP) is 2.37. The highest BCUT2D eigenvalue weighted by atomic mass is 31.2. The molecule has 0 aliphatic carbocycles. The van der Waals surface area contributed by atoms with Crippen molar-refractivity contribution in [1.82, 2.24) is 9.55 Å². The highest BCUT2D eigenvalue weighted by Crippen LogP contribution is 2.49. The third kappa shape index (κ3) is 8.86. The van der Waals surface area contributed by atoms with Crippen LogP contribution >= 0.6 is 15.6 Å². The van der Waals surface area contributed by atoms with E-state index in [1.165, 1.54) is 13.1 Å². The number of phosphoric ester groups is 2. The zero-order chi connectivity index (χ0) is 24.6. The lowest BCUT2D eigenvalue weighted by Gasteiger charge is -2.22. The van der Waals surface area contributed by atoms with E-state index >= 15 is 0 Å². The number of phosphoric acid groups is 2. The molecule has 33 heavy (non-hydrogen) atoms. The lowest BCUT2D eigenvalue weighted by molar-refractivity contribution is -0.0469. The standard InChI is InChI=1S/C18H32N2O11P2/c1-4-6-8-27-32(23,24)29-12-15-14(31-33(25,26)28-9-7-5-2)10-16(30-15)20-11-13(3)17(21)19-18(20)22/h11,14-16H,4-10,12H2,1-3H3,(H,23,24)(H,25,26)(H,19,21,22)/t14-,15-,16+/m0/s1. The molecule has 1 aliphatic heterocycles. The Labute approximate surface area is 191 Å². The van der Waals surface area contributed by atoms with E-state index in [0.717, 1.165) is 17.4 Å². The molecule has 15 heteroatoms. The summed E-state index contributed by atoms with van der Waals surface area (Å²) in [5, 5.41) is 0. The second-order valence-electron chi connectivity index (χ2n) is 7.59. The van der Waals surface area contributed by atoms with Crippen LogP contribution in [0.5, 0.6) is 0 Å². The molecular formula is C18H32N2O11P2. The zero-order valence-corrected chi connectivity index (χ0v) is 20.7. The summed E-state index contributed by atoms with van der Waals surface area (Å²) in [6.45, 7) is 4.76. The number of ether oxygens (including phenoxy) is 1. The highest BCUT2D eigenvalue weighted by molar-refractivity contribution is 7.47. The predicted molar refractivity (Wildman–Crippen MR) is 117 cm³/mol. The number of aryl methyl sites for hydroxylation is 1. The van der Waals surface area contributed by atoms with Crippen molar-refractivity contribution in [3.8, 4) is 0 Å². The number of hydrogen-bond donors (Lipinski definition) is 3. The van der Waals surface area contributed by atoms with Gasteiger partial charge in [-0.3, -0.25) is 32.4 Å². The van der Waals surface area contributed by atoms with Crippen LogP contribution < -0.4 is 11.2 Å². The van der Waals surface area contributed by atoms with Gasteiger partial charge in [0.15, 0.2) is 0 Å². The number of nitrogens with zero attached hydrogens (tertiary/aromatic N) is 1. The van der Waals surface area contributed by atoms with Gasteiger partial charge >= 0.3 is 21.3 Å². The molecule has 3 N–H and O–H groups in total. The lowest BCUT2D eigenvalue weighted by Crippen LogP contribution is -2.33. The molecule has 1 aromatic heterocycles. The number of aromatic amines is 1. The summed E-state index contributed by atoms with van der Waals surface area (Å²) in [6.07, 6.45) is 0.547. The Kier molecular flexibility index (Phi) is 10.7. The van der Waals surface area contributed by atoms with Crippen molar-refractivity contribution >= 4 is 15.6 Å². The van der Waals surface area contributed by atoms with Crippen molar-refractivity contribution < 1.29 is 41.7 Å². The van der Waals surface area contributed by atoms with E-state index in [-0.39, 0.29) is 25.2 Å². The van der Waals surface area contributed by atoms with Crippen molar-refractivity contribution in [1.29, 1.82) is 0 Å². The van der Waals surface area contributed by atoms with Gasteiger partial charge < -0.3 is 14.5 Å². The minimum Gasteiger partial charge on any atom is -0.349 e. The van der Waals surface area contributed by atoms with E-state index in [1.54, 1.807) is 0 Å². The first kappa shape index (κ1) is 28.1. The molecule has 2 rings (SSSR count). The monoisotopic (exact) mass is 514 g/mol. The summed E-state index contributed by atoms with van der Waals surface area (Å²) in [4.78, 5) is 45.9. The van der Waals surface area contributed by atoms with Gasteiger partial charge in [0.1, 0.15) is 18.4 Å². The summed E-state index contributed by atoms with van der Waals surface area (Å²) in [6, 6.07) is 0. The zero-order valence-electron chi connectivity index (χ0n) is 18.9. The fourth-order valence-corrected chi connectivity index (χ4v) is 4.74. The summed E-state index contributed by atoms with van der Waals surface area (Å²) in [7, 11) is -8.89. The van der Waals surface area contributed by atoms with Gasteiger partial charge in [0.25, 0.3) is 5.56 Å². The van der Waals surface area contributed by atoms with Gasteiger partial charge in [0.05, 0.1) is 19.8 Å². The van der Waals surface area contributed by atoms with E-state index in [2.05, 4.69) is 4.98 Å². The Balaban J connectivity index is 2.17. The van der Waals surface area contributed by atoms with Crippen LogP contribution in [0.3, 0.4) is 0 Å². The van der Waals surface area contributed by atoms with Crippen molar-refractivity contribution in [2.24, 2.45) is 0 Å². The first-order chi connectivity index (χ1) is 15.5. The lowest BCUT2D eigenvalue weighted by atomic mass is 10.2. The smallest absolute Gasteiger partial charge is 0.349 e. The van der Waals surface area contributed by atoms with E-state index in [1.807, 2.05) is 13.8 Å². The quantitative estimate of drug-likeness (QED) is 0.245. The molecular weight excluding hydrogens is 482 g/mol. The Morgan fingerprint density at radius 2 is 1.70 bits per heavy atom. The maximum atomic E-state index is 12.3. The molecule has 5 atom stereocenters. The number of H-pyrrole nitrogens is 1. The largest absolute Gasteiger partial charge is 0.472 e. The molecule has 1 aliphatic rings. The molecule has 0 bridgehead atoms. The summed E-state index contributed by atoms with van der Waals surface area (Å²) in [5.41, 5.74) is -1.06. The molecule has 2 heterocycles. The van der Waals surface area contributed by atoms with Crippen LogP contribution in [0.25, 0.3) is 0 Å². The van der Waals surface area contributed by atoms with Gasteiger partial charge in [-0.05, 0) is 19.8 Å². The fourth-order valence-electron chi connectivity index (χ4n) is 2.99. The average Bonchev–Trinajstić information content (AvgIpc) is 3.11. The molecule has 13 nitrogen and oxygen atoms in total. The number of aromatic nitrogens is 2. The van der Waals surface area contributed by atoms with Gasteiger partial charge in [-0.2, -0.15) is 0 Å². The molecule has 0 saturated carbocycles. The molecule has 190 valence electrons. The van der Waals surface area contributed by atoms with Crippen LogP contribution in [0.1, 0.15) is 57.7 Å². The molecule has 1 saturated heterocycles. The Morgan fingerprint density at radius 1 is 1.09 bits per heavy atom. The van der Waals surface area contributed by atoms with Gasteiger partial charge in [-0.1, -0.05) is 26.7 Å². The number of unbranched alkanes of at least 4 members (excludes halogenated alkanes) is 2. The molecule has 1 aromatic rings. The minimum atomic E-state index is -4.49. The SMILES string of the molecule is CCCCOP(=O)(O)OC[C@@H]1O[C@@H](n2cc(C)c(=O)[nH]c2=O)C[C@@H]1OP(=O)(O)OCCCC. The van der Waals surface area contributed by atoms with Crippen molar-refractivity contribution in [3.63, 3.8) is 0 Å². The third-order valence-corrected chi connectivity index (χ3v) is 6.84. The van der Waals surface area contributed by atoms with E-state index < -0.39 is 51.9 Å².